The monoisotopic (exact) mass is 196 g/mol. The number of nitrogens with two attached hydrogens (primary N) is 1. The first kappa shape index (κ1) is 10.2. The van der Waals surface area contributed by atoms with Crippen molar-refractivity contribution in [3.8, 4) is 11.5 Å². The number of primary amides is 1. The number of aromatic hydroxyl groups is 2. The molecule has 5 heteroatoms. The zero-order valence-corrected chi connectivity index (χ0v) is 7.77. The summed E-state index contributed by atoms with van der Waals surface area (Å²) in [5, 5.41) is 18.5. The van der Waals surface area contributed by atoms with Crippen molar-refractivity contribution < 1.29 is 15.0 Å². The molecule has 0 saturated carbocycles. The fourth-order valence-electron chi connectivity index (χ4n) is 1.18. The van der Waals surface area contributed by atoms with Crippen LogP contribution in [0.25, 0.3) is 0 Å². The number of amides is 2. The highest BCUT2D eigenvalue weighted by Crippen LogP contribution is 2.30. The molecule has 0 aliphatic rings. The number of rotatable bonds is 2. The smallest absolute Gasteiger partial charge is 0.319 e. The third-order valence-corrected chi connectivity index (χ3v) is 1.83. The molecular formula is C9H12N2O3. The average molecular weight is 196 g/mol. The van der Waals surface area contributed by atoms with Gasteiger partial charge in [-0.05, 0) is 19.1 Å². The first-order valence-corrected chi connectivity index (χ1v) is 4.15. The highest BCUT2D eigenvalue weighted by atomic mass is 16.3. The van der Waals surface area contributed by atoms with E-state index in [1.54, 1.807) is 6.92 Å². The molecule has 0 radical (unpaired) electrons. The third-order valence-electron chi connectivity index (χ3n) is 1.83. The van der Waals surface area contributed by atoms with Gasteiger partial charge in [0.1, 0.15) is 11.5 Å². The number of carbonyl (C=O) groups is 1. The van der Waals surface area contributed by atoms with Crippen LogP contribution in [-0.2, 0) is 0 Å². The number of urea groups is 1. The lowest BCUT2D eigenvalue weighted by Crippen LogP contribution is -2.35. The maximum absolute atomic E-state index is 10.9. The lowest BCUT2D eigenvalue weighted by atomic mass is 10.2. The Kier molecular flexibility index (Phi) is 2.81. The average Bonchev–Trinajstić information content (AvgIpc) is 2.09. The van der Waals surface area contributed by atoms with E-state index >= 15 is 0 Å². The van der Waals surface area contributed by atoms with Gasteiger partial charge in [-0.15, -0.1) is 0 Å². The van der Waals surface area contributed by atoms with Gasteiger partial charge in [-0.25, -0.2) is 4.79 Å². The van der Waals surface area contributed by atoms with Crippen molar-refractivity contribution in [3.05, 3.63) is 18.2 Å². The van der Waals surface area contributed by atoms with Gasteiger partial charge in [0.05, 0.1) is 5.69 Å². The third kappa shape index (κ3) is 1.87. The zero-order chi connectivity index (χ0) is 10.7. The number of carbonyl (C=O) groups excluding carboxylic acids is 1. The number of phenolic OH excluding ortho intramolecular Hbond substituents is 2. The number of phenols is 2. The highest BCUT2D eigenvalue weighted by molar-refractivity contribution is 5.92. The molecule has 0 unspecified atom stereocenters. The maximum Gasteiger partial charge on any atom is 0.319 e. The zero-order valence-electron chi connectivity index (χ0n) is 7.77. The summed E-state index contributed by atoms with van der Waals surface area (Å²) in [6.07, 6.45) is 0. The number of hydrogen-bond donors (Lipinski definition) is 3. The van der Waals surface area contributed by atoms with Gasteiger partial charge in [0, 0.05) is 12.6 Å². The van der Waals surface area contributed by atoms with E-state index < -0.39 is 6.03 Å². The summed E-state index contributed by atoms with van der Waals surface area (Å²) in [5.74, 6) is -0.238. The topological polar surface area (TPSA) is 86.8 Å². The van der Waals surface area contributed by atoms with Crippen molar-refractivity contribution in [1.82, 2.24) is 0 Å². The van der Waals surface area contributed by atoms with Crippen LogP contribution >= 0.6 is 0 Å². The number of benzene rings is 1. The first-order valence-electron chi connectivity index (χ1n) is 4.15. The summed E-state index contributed by atoms with van der Waals surface area (Å²) in [6, 6.07) is 3.31. The predicted octanol–water partition coefficient (Wildman–Crippen LogP) is 1.00. The number of anilines is 1. The van der Waals surface area contributed by atoms with Gasteiger partial charge in [-0.3, -0.25) is 4.90 Å². The summed E-state index contributed by atoms with van der Waals surface area (Å²) >= 11 is 0. The van der Waals surface area contributed by atoms with Crippen LogP contribution in [0.15, 0.2) is 18.2 Å². The largest absolute Gasteiger partial charge is 0.508 e. The molecule has 1 aromatic carbocycles. The first-order chi connectivity index (χ1) is 6.56. The molecule has 0 aromatic heterocycles. The molecule has 0 aliphatic carbocycles. The lowest BCUT2D eigenvalue weighted by Gasteiger charge is -2.19. The Labute approximate surface area is 81.4 Å². The molecule has 4 N–H and O–H groups in total. The van der Waals surface area contributed by atoms with Gasteiger partial charge in [0.15, 0.2) is 0 Å². The molecule has 0 heterocycles. The normalized spacial score (nSPS) is 9.79. The van der Waals surface area contributed by atoms with Gasteiger partial charge in [-0.2, -0.15) is 0 Å². The molecule has 1 aromatic rings. The molecule has 1 rings (SSSR count). The van der Waals surface area contributed by atoms with Crippen molar-refractivity contribution in [2.24, 2.45) is 5.73 Å². The Balaban J connectivity index is 3.10. The van der Waals surface area contributed by atoms with Gasteiger partial charge in [0.2, 0.25) is 0 Å². The molecule has 5 nitrogen and oxygen atoms in total. The van der Waals surface area contributed by atoms with E-state index in [9.17, 15) is 9.90 Å². The second kappa shape index (κ2) is 3.87. The standard InChI is InChI=1S/C9H12N2O3/c1-2-11(9(10)14)7-4-3-6(12)5-8(7)13/h3-5,12-13H,2H2,1H3,(H2,10,14). The SMILES string of the molecule is CCN(C(N)=O)c1ccc(O)cc1O. The highest BCUT2D eigenvalue weighted by Gasteiger charge is 2.13. The van der Waals surface area contributed by atoms with Crippen LogP contribution in [0.2, 0.25) is 0 Å². The summed E-state index contributed by atoms with van der Waals surface area (Å²) in [7, 11) is 0. The molecule has 0 atom stereocenters. The maximum atomic E-state index is 10.9. The van der Waals surface area contributed by atoms with Crippen LogP contribution in [0.1, 0.15) is 6.92 Å². The van der Waals surface area contributed by atoms with E-state index in [-0.39, 0.29) is 17.2 Å². The molecule has 0 saturated heterocycles. The number of hydrogen-bond acceptors (Lipinski definition) is 3. The second-order valence-corrected chi connectivity index (χ2v) is 2.76. The van der Waals surface area contributed by atoms with Crippen LogP contribution in [0.5, 0.6) is 11.5 Å². The Bertz CT molecular complexity index is 352. The molecule has 14 heavy (non-hydrogen) atoms. The predicted molar refractivity (Wildman–Crippen MR) is 52.4 cm³/mol. The molecule has 0 bridgehead atoms. The quantitative estimate of drug-likeness (QED) is 0.659. The van der Waals surface area contributed by atoms with Gasteiger partial charge >= 0.3 is 6.03 Å². The van der Waals surface area contributed by atoms with Gasteiger partial charge in [-0.1, -0.05) is 0 Å². The van der Waals surface area contributed by atoms with E-state index in [0.717, 1.165) is 6.07 Å². The van der Waals surface area contributed by atoms with E-state index in [4.69, 9.17) is 10.8 Å². The van der Waals surface area contributed by atoms with Crippen LogP contribution in [0.3, 0.4) is 0 Å². The van der Waals surface area contributed by atoms with Crippen molar-refractivity contribution in [2.45, 2.75) is 6.92 Å². The Morgan fingerprint density at radius 2 is 2.14 bits per heavy atom. The van der Waals surface area contributed by atoms with E-state index in [1.807, 2.05) is 0 Å². The van der Waals surface area contributed by atoms with Gasteiger partial charge < -0.3 is 15.9 Å². The van der Waals surface area contributed by atoms with Gasteiger partial charge in [0.25, 0.3) is 0 Å². The van der Waals surface area contributed by atoms with Crippen molar-refractivity contribution in [2.75, 3.05) is 11.4 Å². The fraction of sp³-hybridized carbons (Fsp3) is 0.222. The Hall–Kier alpha value is -1.91. The van der Waals surface area contributed by atoms with Crippen LogP contribution < -0.4 is 10.6 Å². The molecule has 76 valence electrons. The fourth-order valence-corrected chi connectivity index (χ4v) is 1.18. The van der Waals surface area contributed by atoms with E-state index in [2.05, 4.69) is 0 Å². The van der Waals surface area contributed by atoms with Crippen LogP contribution in [0, 0.1) is 0 Å². The lowest BCUT2D eigenvalue weighted by molar-refractivity contribution is 0.254. The summed E-state index contributed by atoms with van der Waals surface area (Å²) in [4.78, 5) is 12.1. The minimum absolute atomic E-state index is 0.0632. The van der Waals surface area contributed by atoms with E-state index in [0.29, 0.717) is 6.54 Å². The Morgan fingerprint density at radius 3 is 2.57 bits per heavy atom. The van der Waals surface area contributed by atoms with Crippen molar-refractivity contribution in [3.63, 3.8) is 0 Å². The molecule has 0 spiro atoms. The summed E-state index contributed by atoms with van der Waals surface area (Å²) in [5.41, 5.74) is 5.39. The van der Waals surface area contributed by atoms with Crippen molar-refractivity contribution in [1.29, 1.82) is 0 Å². The summed E-state index contributed by atoms with van der Waals surface area (Å²) < 4.78 is 0. The van der Waals surface area contributed by atoms with Crippen molar-refractivity contribution >= 4 is 11.7 Å². The molecule has 0 aliphatic heterocycles. The second-order valence-electron chi connectivity index (χ2n) is 2.76. The minimum atomic E-state index is -0.645. The number of nitrogens with zero attached hydrogens (tertiary/aromatic N) is 1. The molecule has 2 amide bonds. The summed E-state index contributed by atoms with van der Waals surface area (Å²) in [6.45, 7) is 2.09. The van der Waals surface area contributed by atoms with Crippen LogP contribution in [0.4, 0.5) is 10.5 Å². The van der Waals surface area contributed by atoms with Crippen LogP contribution in [-0.4, -0.2) is 22.8 Å². The van der Waals surface area contributed by atoms with E-state index in [1.165, 1.54) is 17.0 Å². The molecule has 0 fully saturated rings. The minimum Gasteiger partial charge on any atom is -0.508 e. The molecular weight excluding hydrogens is 184 g/mol. The Morgan fingerprint density at radius 1 is 1.50 bits per heavy atom.